The minimum absolute atomic E-state index is 0.569. The third kappa shape index (κ3) is 3.56. The summed E-state index contributed by atoms with van der Waals surface area (Å²) < 4.78 is 5.41. The number of hydrogen-bond donors (Lipinski definition) is 1. The van der Waals surface area contributed by atoms with Gasteiger partial charge in [-0.15, -0.1) is 0 Å². The Bertz CT molecular complexity index is 280. The van der Waals surface area contributed by atoms with Gasteiger partial charge in [0.15, 0.2) is 0 Å². The lowest BCUT2D eigenvalue weighted by molar-refractivity contribution is 0.359. The number of thioether (sulfide) groups is 1. The second-order valence-electron chi connectivity index (χ2n) is 4.56. The molecule has 1 fully saturated rings. The van der Waals surface area contributed by atoms with Gasteiger partial charge in [-0.05, 0) is 55.9 Å². The Kier molecular flexibility index (Phi) is 4.79. The molecular formula is C13H21NOS. The van der Waals surface area contributed by atoms with E-state index in [-0.39, 0.29) is 0 Å². The Labute approximate surface area is 102 Å². The minimum Gasteiger partial charge on any atom is -0.469 e. The van der Waals surface area contributed by atoms with Crippen molar-refractivity contribution in [2.24, 2.45) is 5.92 Å². The van der Waals surface area contributed by atoms with Crippen LogP contribution in [-0.4, -0.2) is 24.6 Å². The van der Waals surface area contributed by atoms with Gasteiger partial charge in [0.1, 0.15) is 5.76 Å². The van der Waals surface area contributed by atoms with E-state index in [1.54, 1.807) is 6.26 Å². The molecule has 0 aromatic carbocycles. The van der Waals surface area contributed by atoms with Crippen molar-refractivity contribution in [3.8, 4) is 0 Å². The SMILES string of the molecule is CNC(Cc1ccco1)CC1CCSCC1. The molecule has 90 valence electrons. The van der Waals surface area contributed by atoms with Crippen LogP contribution in [0.5, 0.6) is 0 Å². The Morgan fingerprint density at radius 1 is 1.50 bits per heavy atom. The lowest BCUT2D eigenvalue weighted by Crippen LogP contribution is -2.31. The van der Waals surface area contributed by atoms with Gasteiger partial charge in [0.25, 0.3) is 0 Å². The molecule has 1 unspecified atom stereocenters. The highest BCUT2D eigenvalue weighted by Crippen LogP contribution is 2.27. The van der Waals surface area contributed by atoms with Crippen molar-refractivity contribution in [1.29, 1.82) is 0 Å². The Balaban J connectivity index is 1.80. The summed E-state index contributed by atoms with van der Waals surface area (Å²) >= 11 is 2.10. The average Bonchev–Trinajstić information content (AvgIpc) is 2.82. The third-order valence-electron chi connectivity index (χ3n) is 3.39. The summed E-state index contributed by atoms with van der Waals surface area (Å²) in [5, 5.41) is 3.42. The number of rotatable bonds is 5. The van der Waals surface area contributed by atoms with Crippen molar-refractivity contribution in [2.45, 2.75) is 31.7 Å². The van der Waals surface area contributed by atoms with Gasteiger partial charge in [0.2, 0.25) is 0 Å². The predicted molar refractivity (Wildman–Crippen MR) is 69.9 cm³/mol. The standard InChI is InChI=1S/C13H21NOS/c1-14-12(10-13-3-2-6-15-13)9-11-4-7-16-8-5-11/h2-3,6,11-12,14H,4-5,7-10H2,1H3. The third-order valence-corrected chi connectivity index (χ3v) is 4.44. The molecule has 2 nitrogen and oxygen atoms in total. The van der Waals surface area contributed by atoms with E-state index >= 15 is 0 Å². The molecule has 2 rings (SSSR count). The van der Waals surface area contributed by atoms with Crippen LogP contribution in [0.2, 0.25) is 0 Å². The summed E-state index contributed by atoms with van der Waals surface area (Å²) in [5.74, 6) is 4.71. The highest BCUT2D eigenvalue weighted by Gasteiger charge is 2.19. The van der Waals surface area contributed by atoms with Crippen molar-refractivity contribution in [1.82, 2.24) is 5.32 Å². The summed E-state index contributed by atoms with van der Waals surface area (Å²) in [6.07, 6.45) is 6.85. The molecule has 3 heteroatoms. The van der Waals surface area contributed by atoms with Crippen LogP contribution >= 0.6 is 11.8 Å². The van der Waals surface area contributed by atoms with Gasteiger partial charge in [-0.1, -0.05) is 0 Å². The number of hydrogen-bond acceptors (Lipinski definition) is 3. The average molecular weight is 239 g/mol. The summed E-state index contributed by atoms with van der Waals surface area (Å²) in [6.45, 7) is 0. The van der Waals surface area contributed by atoms with Crippen LogP contribution < -0.4 is 5.32 Å². The first-order chi connectivity index (χ1) is 7.88. The van der Waals surface area contributed by atoms with Crippen LogP contribution in [0.15, 0.2) is 22.8 Å². The Morgan fingerprint density at radius 2 is 2.31 bits per heavy atom. The van der Waals surface area contributed by atoms with Crippen LogP contribution in [0.25, 0.3) is 0 Å². The van der Waals surface area contributed by atoms with Crippen LogP contribution in [-0.2, 0) is 6.42 Å². The van der Waals surface area contributed by atoms with E-state index in [9.17, 15) is 0 Å². The lowest BCUT2D eigenvalue weighted by Gasteiger charge is -2.25. The van der Waals surface area contributed by atoms with Crippen LogP contribution in [0.3, 0.4) is 0 Å². The summed E-state index contributed by atoms with van der Waals surface area (Å²) in [5.41, 5.74) is 0. The van der Waals surface area contributed by atoms with Crippen LogP contribution in [0.1, 0.15) is 25.0 Å². The zero-order chi connectivity index (χ0) is 11.2. The van der Waals surface area contributed by atoms with Crippen molar-refractivity contribution < 1.29 is 4.42 Å². The molecule has 0 aliphatic carbocycles. The summed E-state index contributed by atoms with van der Waals surface area (Å²) in [7, 11) is 2.06. The van der Waals surface area contributed by atoms with Crippen molar-refractivity contribution >= 4 is 11.8 Å². The zero-order valence-electron chi connectivity index (χ0n) is 9.95. The molecule has 1 aromatic rings. The topological polar surface area (TPSA) is 25.2 Å². The number of nitrogens with one attached hydrogen (secondary N) is 1. The van der Waals surface area contributed by atoms with E-state index in [4.69, 9.17) is 4.42 Å². The maximum Gasteiger partial charge on any atom is 0.105 e. The van der Waals surface area contributed by atoms with Gasteiger partial charge in [0.05, 0.1) is 6.26 Å². The van der Waals surface area contributed by atoms with Gasteiger partial charge in [-0.2, -0.15) is 11.8 Å². The molecule has 0 radical (unpaired) electrons. The van der Waals surface area contributed by atoms with Crippen molar-refractivity contribution in [2.75, 3.05) is 18.6 Å². The molecule has 0 saturated carbocycles. The maximum absolute atomic E-state index is 5.41. The molecule has 0 amide bonds. The second kappa shape index (κ2) is 6.36. The molecule has 1 atom stereocenters. The van der Waals surface area contributed by atoms with E-state index in [1.165, 1.54) is 30.8 Å². The van der Waals surface area contributed by atoms with Gasteiger partial charge in [-0.25, -0.2) is 0 Å². The van der Waals surface area contributed by atoms with Gasteiger partial charge in [-0.3, -0.25) is 0 Å². The number of likely N-dealkylation sites (N-methyl/N-ethyl adjacent to an activating group) is 1. The van der Waals surface area contributed by atoms with E-state index in [2.05, 4.69) is 30.2 Å². The van der Waals surface area contributed by atoms with Gasteiger partial charge < -0.3 is 9.73 Å². The summed E-state index contributed by atoms with van der Waals surface area (Å²) in [4.78, 5) is 0. The number of furan rings is 1. The molecule has 1 aromatic heterocycles. The molecule has 1 aliphatic rings. The molecule has 16 heavy (non-hydrogen) atoms. The Morgan fingerprint density at radius 3 is 2.94 bits per heavy atom. The van der Waals surface area contributed by atoms with Crippen LogP contribution in [0.4, 0.5) is 0 Å². The quantitative estimate of drug-likeness (QED) is 0.855. The smallest absolute Gasteiger partial charge is 0.105 e. The first kappa shape index (κ1) is 12.1. The fraction of sp³-hybridized carbons (Fsp3) is 0.692. The van der Waals surface area contributed by atoms with Gasteiger partial charge >= 0.3 is 0 Å². The molecule has 0 spiro atoms. The fourth-order valence-electron chi connectivity index (χ4n) is 2.36. The van der Waals surface area contributed by atoms with Crippen LogP contribution in [0, 0.1) is 5.92 Å². The predicted octanol–water partition coefficient (Wildman–Crippen LogP) is 2.94. The van der Waals surface area contributed by atoms with E-state index < -0.39 is 0 Å². The molecule has 1 N–H and O–H groups in total. The molecular weight excluding hydrogens is 218 g/mol. The normalized spacial score (nSPS) is 19.8. The minimum atomic E-state index is 0.569. The van der Waals surface area contributed by atoms with E-state index in [0.717, 1.165) is 18.1 Å². The first-order valence-corrected chi connectivity index (χ1v) is 7.31. The zero-order valence-corrected chi connectivity index (χ0v) is 10.8. The molecule has 0 bridgehead atoms. The van der Waals surface area contributed by atoms with Crippen molar-refractivity contribution in [3.63, 3.8) is 0 Å². The first-order valence-electron chi connectivity index (χ1n) is 6.16. The maximum atomic E-state index is 5.41. The largest absolute Gasteiger partial charge is 0.469 e. The van der Waals surface area contributed by atoms with E-state index in [1.807, 2.05) is 6.07 Å². The molecule has 1 aliphatic heterocycles. The highest BCUT2D eigenvalue weighted by molar-refractivity contribution is 7.99. The lowest BCUT2D eigenvalue weighted by atomic mass is 9.92. The molecule has 1 saturated heterocycles. The fourth-order valence-corrected chi connectivity index (χ4v) is 3.56. The monoisotopic (exact) mass is 239 g/mol. The Hall–Kier alpha value is -0.410. The summed E-state index contributed by atoms with van der Waals surface area (Å²) in [6, 6.07) is 4.61. The van der Waals surface area contributed by atoms with Crippen molar-refractivity contribution in [3.05, 3.63) is 24.2 Å². The van der Waals surface area contributed by atoms with E-state index in [0.29, 0.717) is 6.04 Å². The second-order valence-corrected chi connectivity index (χ2v) is 5.79. The molecule has 2 heterocycles. The highest BCUT2D eigenvalue weighted by atomic mass is 32.2. The van der Waals surface area contributed by atoms with Gasteiger partial charge in [0, 0.05) is 12.5 Å².